The quantitative estimate of drug-likeness (QED) is 0.861. The molecule has 19 heavy (non-hydrogen) atoms. The van der Waals surface area contributed by atoms with Crippen molar-refractivity contribution in [2.75, 3.05) is 19.7 Å². The molecule has 0 bridgehead atoms. The van der Waals surface area contributed by atoms with Gasteiger partial charge in [-0.2, -0.15) is 17.4 Å². The van der Waals surface area contributed by atoms with Crippen molar-refractivity contribution in [2.24, 2.45) is 5.92 Å². The van der Waals surface area contributed by atoms with E-state index in [0.29, 0.717) is 30.3 Å². The fourth-order valence-corrected chi connectivity index (χ4v) is 4.36. The molecule has 2 N–H and O–H groups in total. The Morgan fingerprint density at radius 2 is 2.11 bits per heavy atom. The fourth-order valence-electron chi connectivity index (χ4n) is 2.03. The summed E-state index contributed by atoms with van der Waals surface area (Å²) >= 11 is 7.16. The summed E-state index contributed by atoms with van der Waals surface area (Å²) in [5.41, 5.74) is 0. The first-order valence-corrected chi connectivity index (χ1v) is 8.74. The molecule has 1 aromatic heterocycles. The molecule has 0 saturated carbocycles. The summed E-state index contributed by atoms with van der Waals surface area (Å²) in [4.78, 5) is 0.888. The van der Waals surface area contributed by atoms with Crippen LogP contribution < -0.4 is 4.72 Å². The summed E-state index contributed by atoms with van der Waals surface area (Å²) in [6.07, 6.45) is 1.42. The number of nitrogens with zero attached hydrogens (tertiary/aromatic N) is 1. The van der Waals surface area contributed by atoms with Gasteiger partial charge in [0, 0.05) is 31.1 Å². The van der Waals surface area contributed by atoms with E-state index in [1.54, 1.807) is 6.07 Å². The molecule has 0 amide bonds. The highest BCUT2D eigenvalue weighted by molar-refractivity contribution is 7.87. The number of halogens is 1. The Hall–Kier alpha value is -0.180. The first-order chi connectivity index (χ1) is 9.01. The number of nitrogens with one attached hydrogen (secondary N) is 1. The molecule has 0 unspecified atom stereocenters. The molecule has 108 valence electrons. The van der Waals surface area contributed by atoms with Crippen LogP contribution in [0.3, 0.4) is 0 Å². The van der Waals surface area contributed by atoms with Crippen LogP contribution in [0.25, 0.3) is 0 Å². The highest BCUT2D eigenvalue weighted by Crippen LogP contribution is 2.22. The standard InChI is InChI=1S/C11H17ClN2O3S2/c12-11-2-1-10(18-11)7-13-19(16,17)14-5-3-9(8-15)4-6-14/h1-2,9,13,15H,3-8H2. The Morgan fingerprint density at radius 1 is 1.42 bits per heavy atom. The van der Waals surface area contributed by atoms with Gasteiger partial charge in [0.1, 0.15) is 0 Å². The molecular weight excluding hydrogens is 308 g/mol. The summed E-state index contributed by atoms with van der Waals surface area (Å²) in [5.74, 6) is 0.225. The number of hydrogen-bond acceptors (Lipinski definition) is 4. The lowest BCUT2D eigenvalue weighted by Crippen LogP contribution is -2.45. The van der Waals surface area contributed by atoms with E-state index in [9.17, 15) is 8.42 Å². The summed E-state index contributed by atoms with van der Waals surface area (Å²) in [6.45, 7) is 1.33. The van der Waals surface area contributed by atoms with Crippen LogP contribution in [0.15, 0.2) is 12.1 Å². The second kappa shape index (κ2) is 6.51. The zero-order valence-corrected chi connectivity index (χ0v) is 12.8. The number of piperidine rings is 1. The maximum Gasteiger partial charge on any atom is 0.279 e. The van der Waals surface area contributed by atoms with Gasteiger partial charge in [0.15, 0.2) is 0 Å². The minimum atomic E-state index is -3.44. The molecule has 2 heterocycles. The van der Waals surface area contributed by atoms with E-state index in [1.807, 2.05) is 6.07 Å². The minimum Gasteiger partial charge on any atom is -0.396 e. The van der Waals surface area contributed by atoms with Crippen molar-refractivity contribution >= 4 is 33.1 Å². The molecule has 1 saturated heterocycles. The molecular formula is C11H17ClN2O3S2. The molecule has 0 aromatic carbocycles. The van der Waals surface area contributed by atoms with Crippen LogP contribution in [0.2, 0.25) is 4.34 Å². The van der Waals surface area contributed by atoms with Gasteiger partial charge in [0.25, 0.3) is 10.2 Å². The Kier molecular flexibility index (Phi) is 5.22. The van der Waals surface area contributed by atoms with Crippen LogP contribution in [-0.2, 0) is 16.8 Å². The van der Waals surface area contributed by atoms with Crippen LogP contribution in [0.5, 0.6) is 0 Å². The third-order valence-electron chi connectivity index (χ3n) is 3.23. The van der Waals surface area contributed by atoms with Gasteiger partial charge in [-0.05, 0) is 30.9 Å². The van der Waals surface area contributed by atoms with Gasteiger partial charge in [0.2, 0.25) is 0 Å². The monoisotopic (exact) mass is 324 g/mol. The molecule has 0 aliphatic carbocycles. The van der Waals surface area contributed by atoms with Gasteiger partial charge >= 0.3 is 0 Å². The topological polar surface area (TPSA) is 69.6 Å². The van der Waals surface area contributed by atoms with Gasteiger partial charge in [-0.25, -0.2) is 0 Å². The molecule has 0 atom stereocenters. The Labute approximate surface area is 122 Å². The predicted octanol–water partition coefficient (Wildman–Crippen LogP) is 1.44. The first kappa shape index (κ1) is 15.2. The van der Waals surface area contributed by atoms with Crippen LogP contribution >= 0.6 is 22.9 Å². The van der Waals surface area contributed by atoms with Crippen LogP contribution in [0.4, 0.5) is 0 Å². The molecule has 1 fully saturated rings. The summed E-state index contributed by atoms with van der Waals surface area (Å²) in [5, 5.41) is 9.04. The zero-order valence-electron chi connectivity index (χ0n) is 10.4. The third-order valence-corrected chi connectivity index (χ3v) is 6.01. The van der Waals surface area contributed by atoms with Gasteiger partial charge in [0.05, 0.1) is 4.34 Å². The molecule has 0 spiro atoms. The molecule has 2 rings (SSSR count). The van der Waals surface area contributed by atoms with Gasteiger partial charge in [-0.3, -0.25) is 0 Å². The smallest absolute Gasteiger partial charge is 0.279 e. The fraction of sp³-hybridized carbons (Fsp3) is 0.636. The largest absolute Gasteiger partial charge is 0.396 e. The lowest BCUT2D eigenvalue weighted by molar-refractivity contribution is 0.169. The van der Waals surface area contributed by atoms with Crippen LogP contribution in [0.1, 0.15) is 17.7 Å². The Morgan fingerprint density at radius 3 is 2.63 bits per heavy atom. The van der Waals surface area contributed by atoms with Crippen molar-refractivity contribution in [1.29, 1.82) is 0 Å². The number of aliphatic hydroxyl groups excluding tert-OH is 1. The Bertz CT molecular complexity index is 510. The molecule has 5 nitrogen and oxygen atoms in total. The van der Waals surface area contributed by atoms with Crippen molar-refractivity contribution in [3.8, 4) is 0 Å². The van der Waals surface area contributed by atoms with Crippen molar-refractivity contribution in [1.82, 2.24) is 9.03 Å². The second-order valence-electron chi connectivity index (χ2n) is 4.56. The molecule has 0 radical (unpaired) electrons. The molecule has 1 aromatic rings. The minimum absolute atomic E-state index is 0.134. The molecule has 8 heteroatoms. The number of aliphatic hydroxyl groups is 1. The Balaban J connectivity index is 1.88. The van der Waals surface area contributed by atoms with Crippen molar-refractivity contribution < 1.29 is 13.5 Å². The number of hydrogen-bond donors (Lipinski definition) is 2. The van der Waals surface area contributed by atoms with Crippen LogP contribution in [-0.4, -0.2) is 37.5 Å². The third kappa shape index (κ3) is 4.14. The van der Waals surface area contributed by atoms with E-state index in [2.05, 4.69) is 4.72 Å². The van der Waals surface area contributed by atoms with Crippen molar-refractivity contribution in [3.05, 3.63) is 21.3 Å². The average Bonchev–Trinajstić information content (AvgIpc) is 2.82. The summed E-state index contributed by atoms with van der Waals surface area (Å²) < 4.78 is 28.8. The maximum absolute atomic E-state index is 12.1. The van der Waals surface area contributed by atoms with E-state index in [4.69, 9.17) is 16.7 Å². The second-order valence-corrected chi connectivity index (χ2v) is 8.11. The zero-order chi connectivity index (χ0) is 13.9. The van der Waals surface area contributed by atoms with E-state index in [1.165, 1.54) is 15.6 Å². The van der Waals surface area contributed by atoms with E-state index < -0.39 is 10.2 Å². The maximum atomic E-state index is 12.1. The van der Waals surface area contributed by atoms with E-state index >= 15 is 0 Å². The van der Waals surface area contributed by atoms with Gasteiger partial charge < -0.3 is 5.11 Å². The highest BCUT2D eigenvalue weighted by atomic mass is 35.5. The van der Waals surface area contributed by atoms with E-state index in [-0.39, 0.29) is 19.1 Å². The van der Waals surface area contributed by atoms with Crippen molar-refractivity contribution in [3.63, 3.8) is 0 Å². The van der Waals surface area contributed by atoms with Gasteiger partial charge in [-0.15, -0.1) is 11.3 Å². The highest BCUT2D eigenvalue weighted by Gasteiger charge is 2.27. The normalized spacial score (nSPS) is 18.8. The molecule has 1 aliphatic rings. The first-order valence-electron chi connectivity index (χ1n) is 6.11. The number of rotatable bonds is 5. The van der Waals surface area contributed by atoms with E-state index in [0.717, 1.165) is 4.88 Å². The average molecular weight is 325 g/mol. The lowest BCUT2D eigenvalue weighted by atomic mass is 10.00. The van der Waals surface area contributed by atoms with Gasteiger partial charge in [-0.1, -0.05) is 11.6 Å². The predicted molar refractivity (Wildman–Crippen MR) is 76.5 cm³/mol. The lowest BCUT2D eigenvalue weighted by Gasteiger charge is -2.30. The number of thiophene rings is 1. The summed E-state index contributed by atoms with van der Waals surface area (Å²) in [6, 6.07) is 3.57. The SMILES string of the molecule is O=S(=O)(NCc1ccc(Cl)s1)N1CCC(CO)CC1. The van der Waals surface area contributed by atoms with Crippen LogP contribution in [0, 0.1) is 5.92 Å². The summed E-state index contributed by atoms with van der Waals surface area (Å²) in [7, 11) is -3.44. The molecule has 1 aliphatic heterocycles. The van der Waals surface area contributed by atoms with Crippen molar-refractivity contribution in [2.45, 2.75) is 19.4 Å².